The normalized spacial score (nSPS) is 17.8. The summed E-state index contributed by atoms with van der Waals surface area (Å²) in [6, 6.07) is 11.7. The molecule has 2 fully saturated rings. The van der Waals surface area contributed by atoms with Crippen molar-refractivity contribution in [1.82, 2.24) is 15.2 Å². The number of carbonyl (C=O) groups is 2. The van der Waals surface area contributed by atoms with Crippen LogP contribution in [-0.4, -0.2) is 53.8 Å². The van der Waals surface area contributed by atoms with Gasteiger partial charge in [-0.1, -0.05) is 6.07 Å². The zero-order valence-electron chi connectivity index (χ0n) is 23.0. The van der Waals surface area contributed by atoms with Gasteiger partial charge in [-0.25, -0.2) is 9.18 Å². The van der Waals surface area contributed by atoms with E-state index in [0.717, 1.165) is 41.4 Å². The van der Waals surface area contributed by atoms with Crippen LogP contribution in [0.2, 0.25) is 0 Å². The van der Waals surface area contributed by atoms with Gasteiger partial charge in [-0.2, -0.15) is 0 Å². The number of amides is 2. The molecular formula is C30H34FN3O5. The predicted molar refractivity (Wildman–Crippen MR) is 145 cm³/mol. The Hall–Kier alpha value is -3.88. The van der Waals surface area contributed by atoms with Gasteiger partial charge in [0.15, 0.2) is 0 Å². The van der Waals surface area contributed by atoms with Gasteiger partial charge in [-0.15, -0.1) is 0 Å². The third kappa shape index (κ3) is 5.62. The van der Waals surface area contributed by atoms with Crippen molar-refractivity contribution in [1.29, 1.82) is 0 Å². The van der Waals surface area contributed by atoms with E-state index in [1.54, 1.807) is 12.0 Å². The molecule has 3 aromatic rings. The minimum atomic E-state index is -0.637. The molecule has 1 aliphatic heterocycles. The number of aryl methyl sites for hydroxylation is 1. The Labute approximate surface area is 227 Å². The van der Waals surface area contributed by atoms with E-state index in [0.29, 0.717) is 18.0 Å². The van der Waals surface area contributed by atoms with Crippen molar-refractivity contribution >= 4 is 22.9 Å². The van der Waals surface area contributed by atoms with Crippen molar-refractivity contribution in [2.75, 3.05) is 20.3 Å². The molecule has 0 bridgehead atoms. The molecule has 2 aliphatic rings. The number of likely N-dealkylation sites (tertiary alicyclic amines) is 1. The minimum Gasteiger partial charge on any atom is -0.497 e. The SMILES string of the molecule is COc1cc(C2(NC(=O)c3cc(OC[C@@H]4CCN4C(=O)OC(C)(C)C)ccc3F)CC2)c2ccc(C)nc2c1. The number of ether oxygens (including phenoxy) is 3. The van der Waals surface area contributed by atoms with Crippen molar-refractivity contribution in [3.63, 3.8) is 0 Å². The fourth-order valence-corrected chi connectivity index (χ4v) is 4.83. The van der Waals surface area contributed by atoms with Gasteiger partial charge in [0.25, 0.3) is 5.91 Å². The van der Waals surface area contributed by atoms with Gasteiger partial charge >= 0.3 is 6.09 Å². The number of aromatic nitrogens is 1. The molecule has 8 nitrogen and oxygen atoms in total. The number of benzene rings is 2. The second-order valence-electron chi connectivity index (χ2n) is 11.3. The lowest BCUT2D eigenvalue weighted by Gasteiger charge is -2.41. The maximum atomic E-state index is 14.8. The lowest BCUT2D eigenvalue weighted by atomic mass is 9.97. The summed E-state index contributed by atoms with van der Waals surface area (Å²) in [6.07, 6.45) is 1.83. The van der Waals surface area contributed by atoms with E-state index in [2.05, 4.69) is 10.3 Å². The van der Waals surface area contributed by atoms with Crippen LogP contribution >= 0.6 is 0 Å². The fraction of sp³-hybridized carbons (Fsp3) is 0.433. The summed E-state index contributed by atoms with van der Waals surface area (Å²) in [5.41, 5.74) is 1.25. The first-order valence-electron chi connectivity index (χ1n) is 13.2. The molecule has 0 spiro atoms. The predicted octanol–water partition coefficient (Wildman–Crippen LogP) is 5.50. The van der Waals surface area contributed by atoms with Crippen LogP contribution in [0.4, 0.5) is 9.18 Å². The molecule has 1 saturated carbocycles. The van der Waals surface area contributed by atoms with Crippen molar-refractivity contribution in [3.05, 3.63) is 65.1 Å². The number of halogens is 1. The van der Waals surface area contributed by atoms with E-state index in [1.807, 2.05) is 52.0 Å². The van der Waals surface area contributed by atoms with Crippen molar-refractivity contribution in [2.45, 2.75) is 64.1 Å². The third-order valence-corrected chi connectivity index (χ3v) is 7.17. The smallest absolute Gasteiger partial charge is 0.410 e. The molecule has 2 amide bonds. The van der Waals surface area contributed by atoms with E-state index in [4.69, 9.17) is 14.2 Å². The Bertz CT molecular complexity index is 1430. The Kier molecular flexibility index (Phi) is 6.86. The molecule has 5 rings (SSSR count). The molecule has 1 aliphatic carbocycles. The lowest BCUT2D eigenvalue weighted by molar-refractivity contribution is -0.0141. The van der Waals surface area contributed by atoms with E-state index >= 15 is 0 Å². The molecule has 1 saturated heterocycles. The molecule has 1 aromatic heterocycles. The van der Waals surface area contributed by atoms with Crippen LogP contribution in [0.5, 0.6) is 11.5 Å². The molecule has 39 heavy (non-hydrogen) atoms. The van der Waals surface area contributed by atoms with Crippen LogP contribution in [0.3, 0.4) is 0 Å². The quantitative estimate of drug-likeness (QED) is 0.430. The Balaban J connectivity index is 1.31. The molecule has 9 heteroatoms. The van der Waals surface area contributed by atoms with Crippen LogP contribution in [0, 0.1) is 12.7 Å². The highest BCUT2D eigenvalue weighted by molar-refractivity contribution is 5.96. The zero-order valence-corrected chi connectivity index (χ0v) is 23.0. The maximum absolute atomic E-state index is 14.8. The topological polar surface area (TPSA) is 90.0 Å². The monoisotopic (exact) mass is 535 g/mol. The number of fused-ring (bicyclic) bond motifs is 1. The average Bonchev–Trinajstić information content (AvgIpc) is 3.62. The molecule has 1 atom stereocenters. The summed E-state index contributed by atoms with van der Waals surface area (Å²) in [5.74, 6) is -0.156. The highest BCUT2D eigenvalue weighted by atomic mass is 19.1. The van der Waals surface area contributed by atoms with E-state index < -0.39 is 22.9 Å². The molecule has 2 heterocycles. The maximum Gasteiger partial charge on any atom is 0.410 e. The largest absolute Gasteiger partial charge is 0.497 e. The standard InChI is InChI=1S/C30H34FN3O5/c1-18-6-8-22-24(15-21(37-5)16-26(22)32-18)30(11-12-30)33-27(35)23-14-20(7-9-25(23)31)38-17-19-10-13-34(19)28(36)39-29(2,3)4/h6-9,14-16,19H,10-13,17H2,1-5H3,(H,33,35)/t19-/m0/s1. The first kappa shape index (κ1) is 26.7. The molecule has 2 aromatic carbocycles. The number of pyridine rings is 1. The summed E-state index contributed by atoms with van der Waals surface area (Å²) in [5, 5.41) is 3.99. The number of methoxy groups -OCH3 is 1. The van der Waals surface area contributed by atoms with Crippen molar-refractivity contribution in [3.8, 4) is 11.5 Å². The fourth-order valence-electron chi connectivity index (χ4n) is 4.83. The number of rotatable bonds is 7. The van der Waals surface area contributed by atoms with Crippen LogP contribution in [0.1, 0.15) is 61.6 Å². The molecule has 1 N–H and O–H groups in total. The number of nitrogens with one attached hydrogen (secondary N) is 1. The number of carbonyl (C=O) groups excluding carboxylic acids is 2. The van der Waals surface area contributed by atoms with E-state index in [9.17, 15) is 14.0 Å². The second-order valence-corrected chi connectivity index (χ2v) is 11.3. The van der Waals surface area contributed by atoms with E-state index in [-0.39, 0.29) is 24.3 Å². The van der Waals surface area contributed by atoms with Gasteiger partial charge in [0.2, 0.25) is 0 Å². The highest BCUT2D eigenvalue weighted by Gasteiger charge is 2.47. The van der Waals surface area contributed by atoms with Crippen LogP contribution in [0.25, 0.3) is 10.9 Å². The van der Waals surface area contributed by atoms with Gasteiger partial charge in [0, 0.05) is 23.7 Å². The Morgan fingerprint density at radius 2 is 1.90 bits per heavy atom. The van der Waals surface area contributed by atoms with Crippen molar-refractivity contribution in [2.24, 2.45) is 0 Å². The van der Waals surface area contributed by atoms with Crippen LogP contribution in [0.15, 0.2) is 42.5 Å². The summed E-state index contributed by atoms with van der Waals surface area (Å²) >= 11 is 0. The van der Waals surface area contributed by atoms with Gasteiger partial charge in [0.1, 0.15) is 29.5 Å². The van der Waals surface area contributed by atoms with Gasteiger partial charge < -0.3 is 24.4 Å². The summed E-state index contributed by atoms with van der Waals surface area (Å²) < 4.78 is 31.6. The van der Waals surface area contributed by atoms with Gasteiger partial charge in [0.05, 0.1) is 29.8 Å². The Morgan fingerprint density at radius 3 is 2.54 bits per heavy atom. The molecule has 0 unspecified atom stereocenters. The molecular weight excluding hydrogens is 501 g/mol. The zero-order chi connectivity index (χ0) is 27.9. The summed E-state index contributed by atoms with van der Waals surface area (Å²) in [7, 11) is 1.59. The first-order chi connectivity index (χ1) is 18.5. The lowest BCUT2D eigenvalue weighted by Crippen LogP contribution is -2.55. The minimum absolute atomic E-state index is 0.0995. The third-order valence-electron chi connectivity index (χ3n) is 7.17. The number of nitrogens with zero attached hydrogens (tertiary/aromatic N) is 2. The average molecular weight is 536 g/mol. The highest BCUT2D eigenvalue weighted by Crippen LogP contribution is 2.49. The first-order valence-corrected chi connectivity index (χ1v) is 13.2. The molecule has 0 radical (unpaired) electrons. The Morgan fingerprint density at radius 1 is 1.13 bits per heavy atom. The second kappa shape index (κ2) is 10.0. The summed E-state index contributed by atoms with van der Waals surface area (Å²) in [4.78, 5) is 32.0. The van der Waals surface area contributed by atoms with Crippen molar-refractivity contribution < 1.29 is 28.2 Å². The van der Waals surface area contributed by atoms with Crippen LogP contribution < -0.4 is 14.8 Å². The summed E-state index contributed by atoms with van der Waals surface area (Å²) in [6.45, 7) is 8.20. The van der Waals surface area contributed by atoms with Gasteiger partial charge in [-0.05, 0) is 82.9 Å². The number of hydrogen-bond acceptors (Lipinski definition) is 6. The van der Waals surface area contributed by atoms with Crippen LogP contribution in [-0.2, 0) is 10.3 Å². The number of hydrogen-bond donors (Lipinski definition) is 1. The molecule has 206 valence electrons. The van der Waals surface area contributed by atoms with Gasteiger partial charge in [-0.3, -0.25) is 9.78 Å². The van der Waals surface area contributed by atoms with E-state index in [1.165, 1.54) is 18.2 Å².